The van der Waals surface area contributed by atoms with E-state index in [9.17, 15) is 0 Å². The molecular formula is C12H25N3. The van der Waals surface area contributed by atoms with Gasteiger partial charge in [0.15, 0.2) is 5.96 Å². The van der Waals surface area contributed by atoms with Crippen molar-refractivity contribution in [1.82, 2.24) is 4.90 Å². The van der Waals surface area contributed by atoms with Gasteiger partial charge in [-0.05, 0) is 24.2 Å². The van der Waals surface area contributed by atoms with Gasteiger partial charge in [0.25, 0.3) is 0 Å². The van der Waals surface area contributed by atoms with Crippen molar-refractivity contribution in [2.24, 2.45) is 22.1 Å². The second-order valence-electron chi connectivity index (χ2n) is 5.74. The number of likely N-dealkylation sites (tertiary alicyclic amines) is 1. The zero-order valence-electron chi connectivity index (χ0n) is 10.6. The van der Waals surface area contributed by atoms with Crippen LogP contribution in [0.4, 0.5) is 0 Å². The van der Waals surface area contributed by atoms with Crippen LogP contribution in [0.15, 0.2) is 4.99 Å². The molecule has 0 radical (unpaired) electrons. The van der Waals surface area contributed by atoms with Gasteiger partial charge < -0.3 is 10.6 Å². The number of rotatable bonds is 2. The Morgan fingerprint density at radius 1 is 1.33 bits per heavy atom. The molecule has 3 nitrogen and oxygen atoms in total. The summed E-state index contributed by atoms with van der Waals surface area (Å²) in [5, 5.41) is 0. The Kier molecular flexibility index (Phi) is 4.00. The Morgan fingerprint density at radius 2 is 1.87 bits per heavy atom. The van der Waals surface area contributed by atoms with Crippen LogP contribution in [0.5, 0.6) is 0 Å². The largest absolute Gasteiger partial charge is 0.370 e. The second kappa shape index (κ2) is 4.86. The van der Waals surface area contributed by atoms with Crippen LogP contribution in [0.1, 0.15) is 40.5 Å². The molecule has 1 heterocycles. The Morgan fingerprint density at radius 3 is 2.33 bits per heavy atom. The minimum Gasteiger partial charge on any atom is -0.370 e. The molecule has 0 amide bonds. The molecule has 0 aliphatic carbocycles. The zero-order chi connectivity index (χ0) is 11.5. The molecule has 0 aromatic rings. The van der Waals surface area contributed by atoms with E-state index in [0.717, 1.165) is 25.6 Å². The van der Waals surface area contributed by atoms with Crippen LogP contribution in [-0.2, 0) is 0 Å². The van der Waals surface area contributed by atoms with Gasteiger partial charge >= 0.3 is 0 Å². The number of hydrogen-bond acceptors (Lipinski definition) is 1. The van der Waals surface area contributed by atoms with Crippen molar-refractivity contribution in [3.63, 3.8) is 0 Å². The van der Waals surface area contributed by atoms with E-state index in [1.165, 1.54) is 12.8 Å². The maximum absolute atomic E-state index is 5.96. The van der Waals surface area contributed by atoms with Crippen molar-refractivity contribution in [3.05, 3.63) is 0 Å². The van der Waals surface area contributed by atoms with E-state index in [1.54, 1.807) is 0 Å². The number of nitrogens with zero attached hydrogens (tertiary/aromatic N) is 2. The quantitative estimate of drug-likeness (QED) is 0.561. The summed E-state index contributed by atoms with van der Waals surface area (Å²) < 4.78 is 0. The lowest BCUT2D eigenvalue weighted by atomic mass is 9.83. The summed E-state index contributed by atoms with van der Waals surface area (Å²) in [5.41, 5.74) is 6.44. The lowest BCUT2D eigenvalue weighted by molar-refractivity contribution is 0.187. The summed E-state index contributed by atoms with van der Waals surface area (Å²) >= 11 is 0. The van der Waals surface area contributed by atoms with E-state index in [0.29, 0.717) is 11.3 Å². The van der Waals surface area contributed by atoms with Crippen molar-refractivity contribution in [2.75, 3.05) is 19.6 Å². The zero-order valence-corrected chi connectivity index (χ0v) is 10.6. The molecule has 2 N–H and O–H groups in total. The monoisotopic (exact) mass is 211 g/mol. The van der Waals surface area contributed by atoms with Crippen LogP contribution in [0, 0.1) is 11.3 Å². The lowest BCUT2D eigenvalue weighted by Crippen LogP contribution is -2.45. The third kappa shape index (κ3) is 4.10. The van der Waals surface area contributed by atoms with Crippen LogP contribution in [0.25, 0.3) is 0 Å². The van der Waals surface area contributed by atoms with E-state index in [4.69, 9.17) is 5.73 Å². The molecule has 1 saturated heterocycles. The highest BCUT2D eigenvalue weighted by atomic mass is 15.3. The Balaban J connectivity index is 2.42. The van der Waals surface area contributed by atoms with Crippen molar-refractivity contribution >= 4 is 5.96 Å². The fourth-order valence-electron chi connectivity index (χ4n) is 1.72. The second-order valence-corrected chi connectivity index (χ2v) is 5.74. The van der Waals surface area contributed by atoms with Crippen molar-refractivity contribution < 1.29 is 0 Å². The number of piperidine rings is 1. The standard InChI is InChI=1S/C12H25N3/c1-10(2)9-14-11(13)15-7-5-12(3,4)6-8-15/h10H,5-9H2,1-4H3,(H2,13,14). The van der Waals surface area contributed by atoms with Gasteiger partial charge in [-0.1, -0.05) is 27.7 Å². The maximum atomic E-state index is 5.96. The summed E-state index contributed by atoms with van der Waals surface area (Å²) in [7, 11) is 0. The SMILES string of the molecule is CC(C)CN=C(N)N1CCC(C)(C)CC1. The number of guanidine groups is 1. The normalized spacial score (nSPS) is 22.2. The van der Waals surface area contributed by atoms with Crippen LogP contribution in [-0.4, -0.2) is 30.5 Å². The van der Waals surface area contributed by atoms with Crippen LogP contribution >= 0.6 is 0 Å². The van der Waals surface area contributed by atoms with Crippen LogP contribution < -0.4 is 5.73 Å². The first kappa shape index (κ1) is 12.3. The Hall–Kier alpha value is -0.730. The highest BCUT2D eigenvalue weighted by Gasteiger charge is 2.25. The molecule has 0 atom stereocenters. The average Bonchev–Trinajstić information content (AvgIpc) is 2.14. The topological polar surface area (TPSA) is 41.6 Å². The van der Waals surface area contributed by atoms with Crippen molar-refractivity contribution in [2.45, 2.75) is 40.5 Å². The highest BCUT2D eigenvalue weighted by molar-refractivity contribution is 5.78. The summed E-state index contributed by atoms with van der Waals surface area (Å²) in [6, 6.07) is 0. The first-order chi connectivity index (χ1) is 6.91. The van der Waals surface area contributed by atoms with E-state index in [2.05, 4.69) is 37.6 Å². The molecular weight excluding hydrogens is 186 g/mol. The van der Waals surface area contributed by atoms with Gasteiger partial charge in [-0.2, -0.15) is 0 Å². The predicted molar refractivity (Wildman–Crippen MR) is 65.9 cm³/mol. The van der Waals surface area contributed by atoms with Gasteiger partial charge in [0.05, 0.1) is 0 Å². The summed E-state index contributed by atoms with van der Waals surface area (Å²) in [5.74, 6) is 1.32. The van der Waals surface area contributed by atoms with Crippen molar-refractivity contribution in [1.29, 1.82) is 0 Å². The molecule has 0 saturated carbocycles. The first-order valence-corrected chi connectivity index (χ1v) is 5.95. The third-order valence-corrected chi connectivity index (χ3v) is 3.06. The average molecular weight is 211 g/mol. The van der Waals surface area contributed by atoms with Gasteiger partial charge in [-0.3, -0.25) is 4.99 Å². The molecule has 88 valence electrons. The summed E-state index contributed by atoms with van der Waals surface area (Å²) in [6.45, 7) is 11.9. The minimum atomic E-state index is 0.481. The van der Waals surface area contributed by atoms with Gasteiger partial charge in [0.2, 0.25) is 0 Å². The van der Waals surface area contributed by atoms with E-state index >= 15 is 0 Å². The molecule has 0 spiro atoms. The van der Waals surface area contributed by atoms with Gasteiger partial charge in [-0.25, -0.2) is 0 Å². The number of aliphatic imine (C=N–C) groups is 1. The molecule has 0 bridgehead atoms. The third-order valence-electron chi connectivity index (χ3n) is 3.06. The maximum Gasteiger partial charge on any atom is 0.191 e. The predicted octanol–water partition coefficient (Wildman–Crippen LogP) is 2.08. The molecule has 3 heteroatoms. The van der Waals surface area contributed by atoms with Crippen LogP contribution in [0.2, 0.25) is 0 Å². The molecule has 15 heavy (non-hydrogen) atoms. The van der Waals surface area contributed by atoms with E-state index in [-0.39, 0.29) is 0 Å². The number of hydrogen-bond donors (Lipinski definition) is 1. The highest BCUT2D eigenvalue weighted by Crippen LogP contribution is 2.29. The minimum absolute atomic E-state index is 0.481. The first-order valence-electron chi connectivity index (χ1n) is 5.95. The molecule has 1 rings (SSSR count). The lowest BCUT2D eigenvalue weighted by Gasteiger charge is -2.37. The van der Waals surface area contributed by atoms with Crippen LogP contribution in [0.3, 0.4) is 0 Å². The fourth-order valence-corrected chi connectivity index (χ4v) is 1.72. The molecule has 1 aliphatic heterocycles. The molecule has 0 aromatic heterocycles. The molecule has 1 aliphatic rings. The molecule has 0 aromatic carbocycles. The summed E-state index contributed by atoms with van der Waals surface area (Å²) in [6.07, 6.45) is 2.43. The Labute approximate surface area is 93.7 Å². The van der Waals surface area contributed by atoms with Gasteiger partial charge in [0.1, 0.15) is 0 Å². The van der Waals surface area contributed by atoms with Gasteiger partial charge in [-0.15, -0.1) is 0 Å². The Bertz CT molecular complexity index is 221. The van der Waals surface area contributed by atoms with Gasteiger partial charge in [0, 0.05) is 19.6 Å². The number of nitrogens with two attached hydrogens (primary N) is 1. The van der Waals surface area contributed by atoms with Crippen molar-refractivity contribution in [3.8, 4) is 0 Å². The van der Waals surface area contributed by atoms with E-state index in [1.807, 2.05) is 0 Å². The smallest absolute Gasteiger partial charge is 0.191 e. The molecule has 0 unspecified atom stereocenters. The summed E-state index contributed by atoms with van der Waals surface area (Å²) in [4.78, 5) is 6.63. The van der Waals surface area contributed by atoms with E-state index < -0.39 is 0 Å². The molecule has 1 fully saturated rings. The fraction of sp³-hybridized carbons (Fsp3) is 0.917.